The highest BCUT2D eigenvalue weighted by atomic mass is 35.5. The normalized spacial score (nSPS) is 28.0. The van der Waals surface area contributed by atoms with E-state index in [-0.39, 0.29) is 0 Å². The minimum atomic E-state index is -1.96. The van der Waals surface area contributed by atoms with Crippen molar-refractivity contribution < 1.29 is 14.7 Å². The van der Waals surface area contributed by atoms with Crippen LogP contribution < -0.4 is 11.1 Å². The Morgan fingerprint density at radius 2 is 1.81 bits per heavy atom. The van der Waals surface area contributed by atoms with Crippen LogP contribution in [-0.2, 0) is 15.3 Å². The van der Waals surface area contributed by atoms with E-state index in [2.05, 4.69) is 11.4 Å². The quantitative estimate of drug-likeness (QED) is 0.713. The molecule has 3 rings (SSSR count). The van der Waals surface area contributed by atoms with Crippen molar-refractivity contribution in [2.45, 2.75) is 11.6 Å². The molecule has 0 bridgehead atoms. The van der Waals surface area contributed by atoms with Gasteiger partial charge in [-0.2, -0.15) is 5.26 Å². The maximum absolute atomic E-state index is 12.6. The molecule has 1 aliphatic heterocycles. The van der Waals surface area contributed by atoms with Gasteiger partial charge in [-0.25, -0.2) is 0 Å². The fourth-order valence-electron chi connectivity index (χ4n) is 3.45. The molecule has 26 heavy (non-hydrogen) atoms. The van der Waals surface area contributed by atoms with E-state index >= 15 is 0 Å². The smallest absolute Gasteiger partial charge is 0.235 e. The largest absolute Gasteiger partial charge is 0.369 e. The zero-order chi connectivity index (χ0) is 18.9. The summed E-state index contributed by atoms with van der Waals surface area (Å²) in [6.45, 7) is 0. The van der Waals surface area contributed by atoms with Gasteiger partial charge in [0.1, 0.15) is 11.8 Å². The Morgan fingerprint density at radius 1 is 1.19 bits per heavy atom. The Balaban J connectivity index is 2.18. The van der Waals surface area contributed by atoms with E-state index in [4.69, 9.17) is 17.3 Å². The molecule has 132 valence electrons. The molecule has 2 aromatic carbocycles. The number of nitrogens with one attached hydrogen (secondary N) is 1. The van der Waals surface area contributed by atoms with Crippen LogP contribution in [0.4, 0.5) is 0 Å². The monoisotopic (exact) mass is 369 g/mol. The van der Waals surface area contributed by atoms with Crippen LogP contribution in [0.25, 0.3) is 0 Å². The highest BCUT2D eigenvalue weighted by Crippen LogP contribution is 2.45. The van der Waals surface area contributed by atoms with Gasteiger partial charge in [0.05, 0.1) is 6.07 Å². The Morgan fingerprint density at radius 3 is 2.35 bits per heavy atom. The molecule has 4 atom stereocenters. The molecule has 1 aliphatic rings. The molecular formula is C19H16ClN3O3. The molecular weight excluding hydrogens is 354 g/mol. The molecule has 7 heteroatoms. The fourth-order valence-corrected chi connectivity index (χ4v) is 3.58. The first kappa shape index (κ1) is 17.9. The first-order valence-corrected chi connectivity index (χ1v) is 8.30. The van der Waals surface area contributed by atoms with Crippen molar-refractivity contribution in [2.75, 3.05) is 0 Å². The number of benzene rings is 2. The third-order valence-electron chi connectivity index (χ3n) is 4.68. The predicted molar refractivity (Wildman–Crippen MR) is 94.5 cm³/mol. The summed E-state index contributed by atoms with van der Waals surface area (Å²) >= 11 is 5.92. The van der Waals surface area contributed by atoms with E-state index in [0.29, 0.717) is 16.1 Å². The summed E-state index contributed by atoms with van der Waals surface area (Å²) in [5.74, 6) is -4.94. The molecule has 1 heterocycles. The minimum Gasteiger partial charge on any atom is -0.369 e. The fraction of sp³-hybridized carbons (Fsp3) is 0.211. The molecule has 0 spiro atoms. The number of nitrogens with two attached hydrogens (primary N) is 1. The Hall–Kier alpha value is -2.88. The van der Waals surface area contributed by atoms with Crippen LogP contribution in [0, 0.1) is 23.2 Å². The number of halogens is 1. The van der Waals surface area contributed by atoms with E-state index in [1.54, 1.807) is 54.6 Å². The molecule has 2 aromatic rings. The summed E-state index contributed by atoms with van der Waals surface area (Å²) in [7, 11) is 0. The molecule has 1 fully saturated rings. The van der Waals surface area contributed by atoms with Gasteiger partial charge in [0, 0.05) is 16.5 Å². The van der Waals surface area contributed by atoms with Crippen molar-refractivity contribution in [3.63, 3.8) is 0 Å². The summed E-state index contributed by atoms with van der Waals surface area (Å²) in [4.78, 5) is 24.6. The number of nitrogens with zero attached hydrogens (tertiary/aromatic N) is 1. The number of rotatable bonds is 3. The van der Waals surface area contributed by atoms with Crippen molar-refractivity contribution in [1.29, 1.82) is 5.26 Å². The van der Waals surface area contributed by atoms with Gasteiger partial charge in [-0.3, -0.25) is 9.59 Å². The minimum absolute atomic E-state index is 0.349. The lowest BCUT2D eigenvalue weighted by molar-refractivity contribution is -0.153. The second-order valence-electron chi connectivity index (χ2n) is 6.19. The van der Waals surface area contributed by atoms with Crippen molar-refractivity contribution in [2.24, 2.45) is 17.6 Å². The summed E-state index contributed by atoms with van der Waals surface area (Å²) in [5.41, 5.74) is 4.36. The Labute approximate surface area is 155 Å². The van der Waals surface area contributed by atoms with Crippen molar-refractivity contribution >= 4 is 23.4 Å². The van der Waals surface area contributed by atoms with Crippen LogP contribution in [0.5, 0.6) is 0 Å². The molecule has 0 saturated carbocycles. The number of piperidine rings is 1. The van der Waals surface area contributed by atoms with E-state index in [9.17, 15) is 20.0 Å². The molecule has 0 unspecified atom stereocenters. The number of primary amides is 1. The van der Waals surface area contributed by atoms with Crippen molar-refractivity contribution in [3.05, 3.63) is 70.7 Å². The molecule has 6 nitrogen and oxygen atoms in total. The Kier molecular flexibility index (Phi) is 4.68. The zero-order valence-electron chi connectivity index (χ0n) is 13.6. The number of hydrogen-bond donors (Lipinski definition) is 3. The van der Waals surface area contributed by atoms with E-state index in [1.165, 1.54) is 0 Å². The third kappa shape index (κ3) is 2.92. The summed E-state index contributed by atoms with van der Waals surface area (Å²) < 4.78 is 0. The van der Waals surface area contributed by atoms with Crippen molar-refractivity contribution in [1.82, 2.24) is 5.32 Å². The highest BCUT2D eigenvalue weighted by Gasteiger charge is 2.55. The highest BCUT2D eigenvalue weighted by molar-refractivity contribution is 6.30. The number of amides is 2. The van der Waals surface area contributed by atoms with E-state index in [1.807, 2.05) is 0 Å². The second-order valence-corrected chi connectivity index (χ2v) is 6.62. The molecule has 1 saturated heterocycles. The average molecular weight is 370 g/mol. The van der Waals surface area contributed by atoms with Crippen LogP contribution in [0.3, 0.4) is 0 Å². The van der Waals surface area contributed by atoms with Crippen LogP contribution in [0.1, 0.15) is 17.0 Å². The van der Waals surface area contributed by atoms with Gasteiger partial charge in [0.25, 0.3) is 0 Å². The lowest BCUT2D eigenvalue weighted by Gasteiger charge is -2.44. The van der Waals surface area contributed by atoms with Gasteiger partial charge in [-0.15, -0.1) is 0 Å². The predicted octanol–water partition coefficient (Wildman–Crippen LogP) is 1.64. The number of carbonyl (C=O) groups excluding carboxylic acids is 2. The van der Waals surface area contributed by atoms with E-state index in [0.717, 1.165) is 0 Å². The first-order valence-electron chi connectivity index (χ1n) is 7.93. The SMILES string of the molecule is N#C[C@H]1[C@H](c2ccc(Cl)cc2)[C@H](C(N)=O)C(=O)N[C@]1(O)c1ccccc1. The maximum Gasteiger partial charge on any atom is 0.235 e. The number of hydrogen-bond acceptors (Lipinski definition) is 4. The number of aliphatic hydroxyl groups is 1. The van der Waals surface area contributed by atoms with E-state index < -0.39 is 35.3 Å². The van der Waals surface area contributed by atoms with Crippen LogP contribution in [-0.4, -0.2) is 16.9 Å². The van der Waals surface area contributed by atoms with Gasteiger partial charge in [0.2, 0.25) is 11.8 Å². The molecule has 0 aliphatic carbocycles. The average Bonchev–Trinajstić information content (AvgIpc) is 2.62. The maximum atomic E-state index is 12.6. The summed E-state index contributed by atoms with van der Waals surface area (Å²) in [6, 6.07) is 16.8. The molecule has 0 aromatic heterocycles. The van der Waals surface area contributed by atoms with Crippen LogP contribution in [0.15, 0.2) is 54.6 Å². The topological polar surface area (TPSA) is 116 Å². The zero-order valence-corrected chi connectivity index (χ0v) is 14.4. The van der Waals surface area contributed by atoms with Gasteiger partial charge in [-0.1, -0.05) is 54.1 Å². The van der Waals surface area contributed by atoms with Gasteiger partial charge < -0.3 is 16.2 Å². The summed E-state index contributed by atoms with van der Waals surface area (Å²) in [5, 5.41) is 23.9. The number of nitriles is 1. The van der Waals surface area contributed by atoms with Crippen LogP contribution >= 0.6 is 11.6 Å². The molecule has 4 N–H and O–H groups in total. The van der Waals surface area contributed by atoms with Crippen molar-refractivity contribution in [3.8, 4) is 6.07 Å². The molecule has 2 amide bonds. The standard InChI is InChI=1S/C19H16ClN3O3/c20-13-8-6-11(7-9-13)15-14(10-21)19(26,12-4-2-1-3-5-12)23-18(25)16(15)17(22)24/h1-9,14-16,26H,(H2,22,24)(H,23,25)/t14-,15-,16+,19-/m0/s1. The third-order valence-corrected chi connectivity index (χ3v) is 4.93. The Bertz CT molecular complexity index is 879. The molecule has 0 radical (unpaired) electrons. The second kappa shape index (κ2) is 6.79. The first-order chi connectivity index (χ1) is 12.4. The van der Waals surface area contributed by atoms with Crippen LogP contribution in [0.2, 0.25) is 5.02 Å². The van der Waals surface area contributed by atoms with Gasteiger partial charge in [0.15, 0.2) is 5.72 Å². The van der Waals surface area contributed by atoms with Gasteiger partial charge in [-0.05, 0) is 17.7 Å². The number of carbonyl (C=O) groups is 2. The lowest BCUT2D eigenvalue weighted by atomic mass is 9.67. The summed E-state index contributed by atoms with van der Waals surface area (Å²) in [6.07, 6.45) is 0. The van der Waals surface area contributed by atoms with Gasteiger partial charge >= 0.3 is 0 Å². The lowest BCUT2D eigenvalue weighted by Crippen LogP contribution is -2.62.